The van der Waals surface area contributed by atoms with Gasteiger partial charge in [-0.15, -0.1) is 0 Å². The Bertz CT molecular complexity index is 859. The van der Waals surface area contributed by atoms with E-state index in [1.54, 1.807) is 4.90 Å². The van der Waals surface area contributed by atoms with E-state index in [0.717, 1.165) is 18.7 Å². The summed E-state index contributed by atoms with van der Waals surface area (Å²) >= 11 is 0. The van der Waals surface area contributed by atoms with Gasteiger partial charge in [0.25, 0.3) is 5.91 Å². The monoisotopic (exact) mass is 395 g/mol. The van der Waals surface area contributed by atoms with E-state index in [4.69, 9.17) is 5.73 Å². The topological polar surface area (TPSA) is 77.0 Å². The molecular weight excluding hydrogens is 371 g/mol. The number of hydrogen-bond acceptors (Lipinski definition) is 4. The normalized spacial score (nSPS) is 20.2. The summed E-state index contributed by atoms with van der Waals surface area (Å²) in [7, 11) is 0. The Balaban J connectivity index is 1.94. The molecule has 0 aliphatic carbocycles. The number of rotatable bonds is 4. The Morgan fingerprint density at radius 2 is 2.04 bits per heavy atom. The van der Waals surface area contributed by atoms with Crippen LogP contribution in [0.2, 0.25) is 0 Å². The van der Waals surface area contributed by atoms with Gasteiger partial charge in [-0.3, -0.25) is 4.79 Å². The number of nitrogens with zero attached hydrogens (tertiary/aromatic N) is 4. The number of aromatic nitrogens is 3. The van der Waals surface area contributed by atoms with Gasteiger partial charge < -0.3 is 10.6 Å². The summed E-state index contributed by atoms with van der Waals surface area (Å²) in [6.07, 6.45) is -1.38. The number of hydrogen-bond donors (Lipinski definition) is 1. The molecule has 28 heavy (non-hydrogen) atoms. The molecule has 9 heteroatoms. The van der Waals surface area contributed by atoms with Gasteiger partial charge in [-0.25, -0.2) is 9.67 Å². The van der Waals surface area contributed by atoms with Crippen LogP contribution in [0.25, 0.3) is 5.82 Å². The Morgan fingerprint density at radius 3 is 2.54 bits per heavy atom. The second kappa shape index (κ2) is 7.20. The molecule has 1 aliphatic rings. The van der Waals surface area contributed by atoms with Crippen LogP contribution in [0.15, 0.2) is 24.5 Å². The van der Waals surface area contributed by atoms with Crippen LogP contribution in [0.3, 0.4) is 0 Å². The molecule has 2 aromatic rings. The van der Waals surface area contributed by atoms with Gasteiger partial charge in [0.15, 0.2) is 5.82 Å². The maximum Gasteiger partial charge on any atom is 0.417 e. The standard InChI is InChI=1S/C19H24F3N5O/c1-12(2)16-14(17(28)26-7-6-18(3,10-23)11-26)9-25-27(16)15-5-4-13(8-24-15)19(20,21)22/h4-5,8-9,12H,6-7,10-11,23H2,1-3H3. The molecule has 152 valence electrons. The van der Waals surface area contributed by atoms with Gasteiger partial charge >= 0.3 is 6.18 Å². The van der Waals surface area contributed by atoms with Crippen molar-refractivity contribution < 1.29 is 18.0 Å². The highest BCUT2D eigenvalue weighted by atomic mass is 19.4. The largest absolute Gasteiger partial charge is 0.417 e. The van der Waals surface area contributed by atoms with E-state index in [1.807, 2.05) is 13.8 Å². The summed E-state index contributed by atoms with van der Waals surface area (Å²) in [5, 5.41) is 4.25. The third-order valence-electron chi connectivity index (χ3n) is 5.21. The summed E-state index contributed by atoms with van der Waals surface area (Å²) in [5.41, 5.74) is 5.97. The fourth-order valence-corrected chi connectivity index (χ4v) is 3.47. The van der Waals surface area contributed by atoms with E-state index in [0.29, 0.717) is 30.9 Å². The molecule has 1 atom stereocenters. The molecule has 0 saturated carbocycles. The van der Waals surface area contributed by atoms with Gasteiger partial charge in [0.2, 0.25) is 0 Å². The van der Waals surface area contributed by atoms with Crippen molar-refractivity contribution in [2.45, 2.75) is 39.3 Å². The first-order valence-corrected chi connectivity index (χ1v) is 9.16. The number of carbonyl (C=O) groups is 1. The fraction of sp³-hybridized carbons (Fsp3) is 0.526. The van der Waals surface area contributed by atoms with Crippen LogP contribution in [-0.2, 0) is 6.18 Å². The average molecular weight is 395 g/mol. The highest BCUT2D eigenvalue weighted by Crippen LogP contribution is 2.32. The molecule has 3 rings (SSSR count). The minimum Gasteiger partial charge on any atom is -0.338 e. The van der Waals surface area contributed by atoms with Crippen molar-refractivity contribution in [1.82, 2.24) is 19.7 Å². The highest BCUT2D eigenvalue weighted by Gasteiger charge is 2.37. The molecule has 0 radical (unpaired) electrons. The number of carbonyl (C=O) groups excluding carboxylic acids is 1. The lowest BCUT2D eigenvalue weighted by atomic mass is 9.90. The van der Waals surface area contributed by atoms with Crippen LogP contribution in [0.1, 0.15) is 54.7 Å². The number of alkyl halides is 3. The van der Waals surface area contributed by atoms with Gasteiger partial charge in [-0.05, 0) is 36.4 Å². The first-order valence-electron chi connectivity index (χ1n) is 9.16. The molecule has 1 aliphatic heterocycles. The minimum absolute atomic E-state index is 0.0750. The molecule has 1 amide bonds. The smallest absolute Gasteiger partial charge is 0.338 e. The highest BCUT2D eigenvalue weighted by molar-refractivity contribution is 5.95. The van der Waals surface area contributed by atoms with Crippen molar-refractivity contribution in [1.29, 1.82) is 0 Å². The molecule has 3 heterocycles. The summed E-state index contributed by atoms with van der Waals surface area (Å²) in [4.78, 5) is 18.7. The Hall–Kier alpha value is -2.42. The van der Waals surface area contributed by atoms with E-state index in [2.05, 4.69) is 17.0 Å². The molecular formula is C19H24F3N5O. The second-order valence-corrected chi connectivity index (χ2v) is 7.90. The third kappa shape index (κ3) is 3.76. The van der Waals surface area contributed by atoms with Crippen LogP contribution in [0.4, 0.5) is 13.2 Å². The lowest BCUT2D eigenvalue weighted by Gasteiger charge is -2.23. The fourth-order valence-electron chi connectivity index (χ4n) is 3.47. The first kappa shape index (κ1) is 20.3. The zero-order valence-electron chi connectivity index (χ0n) is 16.1. The number of amides is 1. The Kier molecular flexibility index (Phi) is 5.22. The SMILES string of the molecule is CC(C)c1c(C(=O)N2CCC(C)(CN)C2)cnn1-c1ccc(C(F)(F)F)cn1. The molecule has 2 aromatic heterocycles. The number of nitrogens with two attached hydrogens (primary N) is 1. The average Bonchev–Trinajstić information content (AvgIpc) is 3.25. The number of likely N-dealkylation sites (tertiary alicyclic amines) is 1. The van der Waals surface area contributed by atoms with Gasteiger partial charge in [-0.1, -0.05) is 20.8 Å². The van der Waals surface area contributed by atoms with E-state index >= 15 is 0 Å². The van der Waals surface area contributed by atoms with Crippen LogP contribution < -0.4 is 5.73 Å². The van der Waals surface area contributed by atoms with Crippen LogP contribution in [-0.4, -0.2) is 45.2 Å². The predicted octanol–water partition coefficient (Wildman–Crippen LogP) is 3.22. The summed E-state index contributed by atoms with van der Waals surface area (Å²) in [5.74, 6) is 0.0250. The van der Waals surface area contributed by atoms with E-state index < -0.39 is 11.7 Å². The summed E-state index contributed by atoms with van der Waals surface area (Å²) in [6, 6.07) is 2.22. The molecule has 2 N–H and O–H groups in total. The van der Waals surface area contributed by atoms with Gasteiger partial charge in [0.1, 0.15) is 0 Å². The molecule has 0 aromatic carbocycles. The molecule has 1 unspecified atom stereocenters. The first-order chi connectivity index (χ1) is 13.1. The Labute approximate surface area is 161 Å². The molecule has 0 bridgehead atoms. The van der Waals surface area contributed by atoms with Crippen molar-refractivity contribution in [2.24, 2.45) is 11.1 Å². The van der Waals surface area contributed by atoms with Crippen LogP contribution in [0.5, 0.6) is 0 Å². The van der Waals surface area contributed by atoms with E-state index in [-0.39, 0.29) is 23.1 Å². The molecule has 1 fully saturated rings. The Morgan fingerprint density at radius 1 is 1.32 bits per heavy atom. The number of pyridine rings is 1. The molecule has 6 nitrogen and oxygen atoms in total. The van der Waals surface area contributed by atoms with Crippen molar-refractivity contribution in [3.05, 3.63) is 41.3 Å². The van der Waals surface area contributed by atoms with Crippen molar-refractivity contribution in [3.63, 3.8) is 0 Å². The van der Waals surface area contributed by atoms with Crippen molar-refractivity contribution >= 4 is 5.91 Å². The van der Waals surface area contributed by atoms with Gasteiger partial charge in [-0.2, -0.15) is 18.3 Å². The van der Waals surface area contributed by atoms with Crippen LogP contribution in [0, 0.1) is 5.41 Å². The summed E-state index contributed by atoms with van der Waals surface area (Å²) < 4.78 is 39.8. The summed E-state index contributed by atoms with van der Waals surface area (Å²) in [6.45, 7) is 7.56. The maximum atomic E-state index is 13.1. The quantitative estimate of drug-likeness (QED) is 0.862. The van der Waals surface area contributed by atoms with E-state index in [1.165, 1.54) is 16.9 Å². The predicted molar refractivity (Wildman–Crippen MR) is 98.1 cm³/mol. The van der Waals surface area contributed by atoms with Crippen LogP contribution >= 0.6 is 0 Å². The maximum absolute atomic E-state index is 13.1. The van der Waals surface area contributed by atoms with Crippen molar-refractivity contribution in [2.75, 3.05) is 19.6 Å². The van der Waals surface area contributed by atoms with Crippen molar-refractivity contribution in [3.8, 4) is 5.82 Å². The molecule has 1 saturated heterocycles. The third-order valence-corrected chi connectivity index (χ3v) is 5.21. The van der Waals surface area contributed by atoms with Gasteiger partial charge in [0, 0.05) is 19.3 Å². The van der Waals surface area contributed by atoms with Gasteiger partial charge in [0.05, 0.1) is 23.0 Å². The zero-order valence-corrected chi connectivity index (χ0v) is 16.1. The number of halogens is 3. The lowest BCUT2D eigenvalue weighted by Crippen LogP contribution is -2.34. The second-order valence-electron chi connectivity index (χ2n) is 7.90. The lowest BCUT2D eigenvalue weighted by molar-refractivity contribution is -0.137. The minimum atomic E-state index is -4.46. The zero-order chi connectivity index (χ0) is 20.7. The molecule has 0 spiro atoms. The van der Waals surface area contributed by atoms with E-state index in [9.17, 15) is 18.0 Å².